The third-order valence-corrected chi connectivity index (χ3v) is 2.28. The van der Waals surface area contributed by atoms with Crippen LogP contribution in [0.4, 0.5) is 0 Å². The van der Waals surface area contributed by atoms with Crippen molar-refractivity contribution in [3.05, 3.63) is 20.7 Å². The van der Waals surface area contributed by atoms with Gasteiger partial charge in [0.1, 0.15) is 0 Å². The molecule has 3 N–H and O–H groups in total. The van der Waals surface area contributed by atoms with Crippen molar-refractivity contribution in [1.82, 2.24) is 15.6 Å². The summed E-state index contributed by atoms with van der Waals surface area (Å²) in [6, 6.07) is 0. The average Bonchev–Trinajstić information content (AvgIpc) is 2.50. The van der Waals surface area contributed by atoms with E-state index in [1.54, 1.807) is 5.38 Å². The lowest BCUT2D eigenvalue weighted by Gasteiger charge is -2.03. The molecule has 1 aromatic rings. The summed E-state index contributed by atoms with van der Waals surface area (Å²) in [7, 11) is 0. The summed E-state index contributed by atoms with van der Waals surface area (Å²) in [5.74, 6) is -0.0317. The summed E-state index contributed by atoms with van der Waals surface area (Å²) >= 11 is 1.15. The van der Waals surface area contributed by atoms with Crippen LogP contribution < -0.4 is 15.5 Å². The Kier molecular flexibility index (Phi) is 4.34. The highest BCUT2D eigenvalue weighted by Crippen LogP contribution is 1.93. The van der Waals surface area contributed by atoms with Crippen LogP contribution in [0, 0.1) is 0 Å². The van der Waals surface area contributed by atoms with Gasteiger partial charge in [0, 0.05) is 37.6 Å². The number of amides is 1. The maximum Gasteiger partial charge on any atom is 0.304 e. The smallest absolute Gasteiger partial charge is 0.304 e. The van der Waals surface area contributed by atoms with Crippen LogP contribution in [-0.4, -0.2) is 24.0 Å². The maximum absolute atomic E-state index is 10.7. The van der Waals surface area contributed by atoms with Gasteiger partial charge in [-0.05, 0) is 0 Å². The van der Waals surface area contributed by atoms with Crippen molar-refractivity contribution in [2.24, 2.45) is 0 Å². The number of aromatic nitrogens is 1. The van der Waals surface area contributed by atoms with Crippen LogP contribution >= 0.6 is 11.3 Å². The molecule has 0 bridgehead atoms. The van der Waals surface area contributed by atoms with Crippen LogP contribution in [0.15, 0.2) is 10.2 Å². The van der Waals surface area contributed by atoms with Gasteiger partial charge in [0.05, 0.1) is 0 Å². The van der Waals surface area contributed by atoms with E-state index in [4.69, 9.17) is 0 Å². The fraction of sp³-hybridized carbons (Fsp3) is 0.500. The zero-order chi connectivity index (χ0) is 10.4. The molecule has 5 nitrogen and oxygen atoms in total. The van der Waals surface area contributed by atoms with E-state index in [0.717, 1.165) is 17.0 Å². The molecule has 0 atom stereocenters. The minimum atomic E-state index is -0.0383. The van der Waals surface area contributed by atoms with E-state index in [0.29, 0.717) is 19.6 Å². The topological polar surface area (TPSA) is 74.0 Å². The van der Waals surface area contributed by atoms with Crippen LogP contribution in [-0.2, 0) is 11.3 Å². The first kappa shape index (κ1) is 10.9. The molecule has 1 amide bonds. The fourth-order valence-electron chi connectivity index (χ4n) is 0.951. The largest absolute Gasteiger partial charge is 0.355 e. The molecule has 0 radical (unpaired) electrons. The monoisotopic (exact) mass is 215 g/mol. The molecule has 6 heteroatoms. The van der Waals surface area contributed by atoms with Crippen LogP contribution in [0.2, 0.25) is 0 Å². The zero-order valence-electron chi connectivity index (χ0n) is 7.92. The molecule has 0 saturated heterocycles. The number of carbonyl (C=O) groups is 1. The van der Waals surface area contributed by atoms with Gasteiger partial charge in [0.2, 0.25) is 5.91 Å². The van der Waals surface area contributed by atoms with Gasteiger partial charge >= 0.3 is 4.87 Å². The number of nitrogens with one attached hydrogen (secondary N) is 3. The Bertz CT molecular complexity index is 344. The molecule has 0 aliphatic rings. The first-order valence-corrected chi connectivity index (χ1v) is 5.18. The number of H-pyrrole nitrogens is 1. The van der Waals surface area contributed by atoms with E-state index >= 15 is 0 Å². The van der Waals surface area contributed by atoms with Crippen molar-refractivity contribution >= 4 is 17.2 Å². The Morgan fingerprint density at radius 3 is 2.93 bits per heavy atom. The van der Waals surface area contributed by atoms with Crippen molar-refractivity contribution < 1.29 is 4.79 Å². The zero-order valence-corrected chi connectivity index (χ0v) is 8.74. The second kappa shape index (κ2) is 5.56. The summed E-state index contributed by atoms with van der Waals surface area (Å²) in [5.41, 5.74) is 0.878. The number of aromatic amines is 1. The number of hydrogen-bond donors (Lipinski definition) is 3. The van der Waals surface area contributed by atoms with E-state index in [-0.39, 0.29) is 10.8 Å². The van der Waals surface area contributed by atoms with Crippen molar-refractivity contribution in [3.8, 4) is 0 Å². The summed E-state index contributed by atoms with van der Waals surface area (Å²) in [5, 5.41) is 7.54. The quantitative estimate of drug-likeness (QED) is 0.588. The predicted molar refractivity (Wildman–Crippen MR) is 55.3 cm³/mol. The minimum absolute atomic E-state index is 0.0317. The molecule has 1 heterocycles. The summed E-state index contributed by atoms with van der Waals surface area (Å²) < 4.78 is 0. The standard InChI is InChI=1S/C8H13N3O2S/c1-6(12)10-3-2-9-4-7-5-14-8(13)11-7/h5,9H,2-4H2,1H3,(H,10,12)(H,11,13). The molecule has 0 aliphatic carbocycles. The molecule has 0 aliphatic heterocycles. The molecule has 0 saturated carbocycles. The van der Waals surface area contributed by atoms with E-state index in [1.165, 1.54) is 6.92 Å². The molecule has 0 aromatic carbocycles. The van der Waals surface area contributed by atoms with Gasteiger partial charge in [0.15, 0.2) is 0 Å². The van der Waals surface area contributed by atoms with Gasteiger partial charge in [-0.15, -0.1) is 0 Å². The molecular weight excluding hydrogens is 202 g/mol. The number of rotatable bonds is 5. The molecule has 78 valence electrons. The highest BCUT2D eigenvalue weighted by Gasteiger charge is 1.95. The van der Waals surface area contributed by atoms with Crippen LogP contribution in [0.25, 0.3) is 0 Å². The van der Waals surface area contributed by atoms with Gasteiger partial charge in [-0.3, -0.25) is 9.59 Å². The highest BCUT2D eigenvalue weighted by atomic mass is 32.1. The molecule has 0 unspecified atom stereocenters. The van der Waals surface area contributed by atoms with Gasteiger partial charge in [0.25, 0.3) is 0 Å². The number of hydrogen-bond acceptors (Lipinski definition) is 4. The third-order valence-electron chi connectivity index (χ3n) is 1.56. The highest BCUT2D eigenvalue weighted by molar-refractivity contribution is 7.07. The lowest BCUT2D eigenvalue weighted by atomic mass is 10.4. The first-order valence-electron chi connectivity index (χ1n) is 4.30. The van der Waals surface area contributed by atoms with Gasteiger partial charge in [-0.25, -0.2) is 0 Å². The predicted octanol–water partition coefficient (Wildman–Crippen LogP) is -0.338. The van der Waals surface area contributed by atoms with Gasteiger partial charge in [-0.2, -0.15) is 0 Å². The second-order valence-corrected chi connectivity index (χ2v) is 3.68. The Balaban J connectivity index is 2.10. The lowest BCUT2D eigenvalue weighted by Crippen LogP contribution is -2.30. The van der Waals surface area contributed by atoms with Crippen LogP contribution in [0.5, 0.6) is 0 Å². The number of thiazole rings is 1. The van der Waals surface area contributed by atoms with Crippen molar-refractivity contribution in [2.75, 3.05) is 13.1 Å². The molecule has 1 aromatic heterocycles. The normalized spacial score (nSPS) is 10.1. The SMILES string of the molecule is CC(=O)NCCNCc1csc(=O)[nH]1. The Labute approximate surface area is 85.5 Å². The third kappa shape index (κ3) is 4.20. The summed E-state index contributed by atoms with van der Waals surface area (Å²) in [6.07, 6.45) is 0. The second-order valence-electron chi connectivity index (χ2n) is 2.83. The summed E-state index contributed by atoms with van der Waals surface area (Å²) in [6.45, 7) is 3.40. The minimum Gasteiger partial charge on any atom is -0.355 e. The molecular formula is C8H13N3O2S. The van der Waals surface area contributed by atoms with Crippen LogP contribution in [0.1, 0.15) is 12.6 Å². The Hall–Kier alpha value is -1.14. The summed E-state index contributed by atoms with van der Waals surface area (Å²) in [4.78, 5) is 23.9. The Morgan fingerprint density at radius 2 is 2.36 bits per heavy atom. The lowest BCUT2D eigenvalue weighted by molar-refractivity contribution is -0.118. The van der Waals surface area contributed by atoms with Gasteiger partial charge < -0.3 is 15.6 Å². The molecule has 1 rings (SSSR count). The molecule has 0 fully saturated rings. The molecule has 0 spiro atoms. The maximum atomic E-state index is 10.7. The van der Waals surface area contributed by atoms with E-state index in [2.05, 4.69) is 15.6 Å². The molecule has 14 heavy (non-hydrogen) atoms. The average molecular weight is 215 g/mol. The van der Waals surface area contributed by atoms with Crippen molar-refractivity contribution in [3.63, 3.8) is 0 Å². The van der Waals surface area contributed by atoms with Crippen molar-refractivity contribution in [2.45, 2.75) is 13.5 Å². The van der Waals surface area contributed by atoms with Crippen molar-refractivity contribution in [1.29, 1.82) is 0 Å². The van der Waals surface area contributed by atoms with E-state index < -0.39 is 0 Å². The fourth-order valence-corrected chi connectivity index (χ4v) is 1.53. The Morgan fingerprint density at radius 1 is 1.57 bits per heavy atom. The van der Waals surface area contributed by atoms with Crippen LogP contribution in [0.3, 0.4) is 0 Å². The van der Waals surface area contributed by atoms with E-state index in [9.17, 15) is 9.59 Å². The van der Waals surface area contributed by atoms with Gasteiger partial charge in [-0.1, -0.05) is 11.3 Å². The van der Waals surface area contributed by atoms with E-state index in [1.807, 2.05) is 0 Å². The first-order chi connectivity index (χ1) is 6.68. The number of carbonyl (C=O) groups excluding carboxylic acids is 1.